The van der Waals surface area contributed by atoms with Gasteiger partial charge in [-0.15, -0.1) is 0 Å². The smallest absolute Gasteiger partial charge is 0.261 e. The van der Waals surface area contributed by atoms with Crippen LogP contribution in [0.1, 0.15) is 23.0 Å². The van der Waals surface area contributed by atoms with Crippen molar-refractivity contribution < 1.29 is 22.4 Å². The zero-order valence-corrected chi connectivity index (χ0v) is 19.4. The number of pyridine rings is 1. The van der Waals surface area contributed by atoms with E-state index < -0.39 is 21.5 Å². The first-order chi connectivity index (χ1) is 16.3. The van der Waals surface area contributed by atoms with Gasteiger partial charge in [0.1, 0.15) is 11.5 Å². The predicted molar refractivity (Wildman–Crippen MR) is 127 cm³/mol. The normalized spacial score (nSPS) is 11.4. The number of carbonyl (C=O) groups excluding carboxylic acids is 1. The minimum atomic E-state index is -3.97. The molecule has 34 heavy (non-hydrogen) atoms. The van der Waals surface area contributed by atoms with Crippen LogP contribution in [0.2, 0.25) is 0 Å². The van der Waals surface area contributed by atoms with E-state index in [-0.39, 0.29) is 17.0 Å². The van der Waals surface area contributed by atoms with Gasteiger partial charge in [0.15, 0.2) is 0 Å². The number of hydrogen-bond donors (Lipinski definition) is 2. The molecule has 0 fully saturated rings. The number of carbonyl (C=O) groups is 1. The molecule has 10 heteroatoms. The van der Waals surface area contributed by atoms with Crippen LogP contribution < -0.4 is 15.0 Å². The van der Waals surface area contributed by atoms with Gasteiger partial charge in [-0.25, -0.2) is 8.42 Å². The molecule has 0 spiro atoms. The number of nitrogens with zero attached hydrogens (tertiary/aromatic N) is 1. The van der Waals surface area contributed by atoms with Crippen molar-refractivity contribution in [1.82, 2.24) is 9.88 Å². The Labute approximate surface area is 196 Å². The fourth-order valence-corrected chi connectivity index (χ4v) is 4.58. The van der Waals surface area contributed by atoms with Crippen molar-refractivity contribution in [2.24, 2.45) is 0 Å². The van der Waals surface area contributed by atoms with Crippen LogP contribution in [0.3, 0.4) is 0 Å². The first-order valence-electron chi connectivity index (χ1n) is 10.5. The van der Waals surface area contributed by atoms with E-state index in [1.54, 1.807) is 43.4 Å². The summed E-state index contributed by atoms with van der Waals surface area (Å²) in [5.41, 5.74) is 0.332. The van der Waals surface area contributed by atoms with E-state index in [0.717, 1.165) is 0 Å². The van der Waals surface area contributed by atoms with Crippen LogP contribution in [0.15, 0.2) is 81.0 Å². The van der Waals surface area contributed by atoms with Gasteiger partial charge in [0.05, 0.1) is 29.9 Å². The third kappa shape index (κ3) is 4.96. The highest BCUT2D eigenvalue weighted by Gasteiger charge is 2.20. The zero-order chi connectivity index (χ0) is 24.3. The molecule has 2 aromatic heterocycles. The lowest BCUT2D eigenvalue weighted by Gasteiger charge is -2.17. The van der Waals surface area contributed by atoms with E-state index in [1.807, 2.05) is 6.92 Å². The maximum Gasteiger partial charge on any atom is 0.261 e. The van der Waals surface area contributed by atoms with Crippen molar-refractivity contribution in [3.05, 3.63) is 88.6 Å². The summed E-state index contributed by atoms with van der Waals surface area (Å²) >= 11 is 0. The van der Waals surface area contributed by atoms with Crippen molar-refractivity contribution in [3.63, 3.8) is 0 Å². The van der Waals surface area contributed by atoms with Gasteiger partial charge in [-0.3, -0.25) is 14.3 Å². The average molecular weight is 482 g/mol. The SMILES string of the molecule is CCOc1ccc(NS(=O)(=O)c2ccc3[nH]c(=O)cc(C(=O)N(C)Cc4ccco4)c3c2)cc1. The van der Waals surface area contributed by atoms with E-state index in [4.69, 9.17) is 9.15 Å². The number of H-pyrrole nitrogens is 1. The maximum atomic E-state index is 13.1. The number of furan rings is 1. The Morgan fingerprint density at radius 1 is 1.12 bits per heavy atom. The average Bonchev–Trinajstić information content (AvgIpc) is 3.32. The lowest BCUT2D eigenvalue weighted by Crippen LogP contribution is -2.27. The van der Waals surface area contributed by atoms with Crippen LogP contribution in [0.5, 0.6) is 5.75 Å². The van der Waals surface area contributed by atoms with Crippen molar-refractivity contribution >= 4 is 32.5 Å². The van der Waals surface area contributed by atoms with Crippen LogP contribution in [0.25, 0.3) is 10.9 Å². The van der Waals surface area contributed by atoms with Crippen LogP contribution >= 0.6 is 0 Å². The Morgan fingerprint density at radius 2 is 1.88 bits per heavy atom. The largest absolute Gasteiger partial charge is 0.494 e. The second kappa shape index (κ2) is 9.44. The summed E-state index contributed by atoms with van der Waals surface area (Å²) in [7, 11) is -2.39. The van der Waals surface area contributed by atoms with Gasteiger partial charge >= 0.3 is 0 Å². The Kier molecular flexibility index (Phi) is 6.42. The molecular formula is C24H23N3O6S. The number of aromatic nitrogens is 1. The Balaban J connectivity index is 1.67. The molecule has 1 amide bonds. The molecule has 0 aliphatic heterocycles. The molecule has 2 aromatic carbocycles. The number of nitrogens with one attached hydrogen (secondary N) is 2. The topological polar surface area (TPSA) is 122 Å². The van der Waals surface area contributed by atoms with Crippen molar-refractivity contribution in [2.75, 3.05) is 18.4 Å². The van der Waals surface area contributed by atoms with E-state index in [0.29, 0.717) is 34.7 Å². The highest BCUT2D eigenvalue weighted by Crippen LogP contribution is 2.24. The minimum absolute atomic E-state index is 0.0522. The molecule has 0 bridgehead atoms. The molecule has 0 atom stereocenters. The van der Waals surface area contributed by atoms with Crippen molar-refractivity contribution in [2.45, 2.75) is 18.4 Å². The molecule has 0 saturated heterocycles. The summed E-state index contributed by atoms with van der Waals surface area (Å²) in [5.74, 6) is 0.760. The summed E-state index contributed by atoms with van der Waals surface area (Å²) in [5, 5.41) is 0.311. The van der Waals surface area contributed by atoms with Crippen LogP contribution in [0.4, 0.5) is 5.69 Å². The maximum absolute atomic E-state index is 13.1. The lowest BCUT2D eigenvalue weighted by molar-refractivity contribution is 0.0777. The molecule has 4 aromatic rings. The highest BCUT2D eigenvalue weighted by atomic mass is 32.2. The minimum Gasteiger partial charge on any atom is -0.494 e. The number of anilines is 1. The van der Waals surface area contributed by atoms with Gasteiger partial charge in [-0.2, -0.15) is 0 Å². The van der Waals surface area contributed by atoms with Crippen LogP contribution in [0, 0.1) is 0 Å². The number of ether oxygens (including phenoxy) is 1. The van der Waals surface area contributed by atoms with Gasteiger partial charge in [-0.05, 0) is 61.5 Å². The van der Waals surface area contributed by atoms with Crippen molar-refractivity contribution in [1.29, 1.82) is 0 Å². The van der Waals surface area contributed by atoms with Gasteiger partial charge in [0.25, 0.3) is 15.9 Å². The number of amides is 1. The number of aromatic amines is 1. The molecule has 176 valence electrons. The molecule has 0 radical (unpaired) electrons. The van der Waals surface area contributed by atoms with Gasteiger partial charge in [0, 0.05) is 29.7 Å². The predicted octanol–water partition coefficient (Wildman–Crippen LogP) is 3.59. The molecule has 2 N–H and O–H groups in total. The fraction of sp³-hybridized carbons (Fsp3) is 0.167. The second-order valence-electron chi connectivity index (χ2n) is 7.56. The zero-order valence-electron chi connectivity index (χ0n) is 18.6. The summed E-state index contributed by atoms with van der Waals surface area (Å²) < 4.78 is 39.2. The fourth-order valence-electron chi connectivity index (χ4n) is 3.49. The monoisotopic (exact) mass is 481 g/mol. The highest BCUT2D eigenvalue weighted by molar-refractivity contribution is 7.92. The standard InChI is InChI=1S/C24H23N3O6S/c1-3-32-17-8-6-16(7-9-17)26-34(30,31)19-10-11-22-20(13-19)21(14-23(28)25-22)24(29)27(2)15-18-5-4-12-33-18/h4-14,26H,3,15H2,1-2H3,(H,25,28). The molecule has 9 nitrogen and oxygen atoms in total. The summed E-state index contributed by atoms with van der Waals surface area (Å²) in [4.78, 5) is 29.3. The Hall–Kier alpha value is -4.05. The molecule has 0 aliphatic rings. The first-order valence-corrected chi connectivity index (χ1v) is 12.0. The number of hydrogen-bond acceptors (Lipinski definition) is 6. The Morgan fingerprint density at radius 3 is 2.56 bits per heavy atom. The number of fused-ring (bicyclic) bond motifs is 1. The van der Waals surface area contributed by atoms with E-state index in [1.165, 1.54) is 35.4 Å². The van der Waals surface area contributed by atoms with E-state index >= 15 is 0 Å². The molecule has 0 aliphatic carbocycles. The summed E-state index contributed by atoms with van der Waals surface area (Å²) in [6.45, 7) is 2.55. The molecule has 2 heterocycles. The van der Waals surface area contributed by atoms with E-state index in [2.05, 4.69) is 9.71 Å². The molecule has 0 unspecified atom stereocenters. The third-order valence-corrected chi connectivity index (χ3v) is 6.47. The summed E-state index contributed by atoms with van der Waals surface area (Å²) in [6, 6.07) is 15.3. The number of benzene rings is 2. The van der Waals surface area contributed by atoms with Gasteiger partial charge in [-0.1, -0.05) is 0 Å². The lowest BCUT2D eigenvalue weighted by atomic mass is 10.1. The van der Waals surface area contributed by atoms with Crippen LogP contribution in [-0.4, -0.2) is 37.9 Å². The van der Waals surface area contributed by atoms with Gasteiger partial charge < -0.3 is 19.0 Å². The summed E-state index contributed by atoms with van der Waals surface area (Å²) in [6.07, 6.45) is 1.50. The second-order valence-corrected chi connectivity index (χ2v) is 9.24. The number of rotatable bonds is 8. The number of sulfonamides is 1. The molecule has 4 rings (SSSR count). The van der Waals surface area contributed by atoms with Crippen molar-refractivity contribution in [3.8, 4) is 5.75 Å². The van der Waals surface area contributed by atoms with Crippen LogP contribution in [-0.2, 0) is 16.6 Å². The molecule has 0 saturated carbocycles. The van der Waals surface area contributed by atoms with Gasteiger partial charge in [0.2, 0.25) is 5.56 Å². The Bertz CT molecular complexity index is 1480. The quantitative estimate of drug-likeness (QED) is 0.397. The third-order valence-electron chi connectivity index (χ3n) is 5.09. The first kappa shape index (κ1) is 23.1. The molecular weight excluding hydrogens is 458 g/mol. The van der Waals surface area contributed by atoms with E-state index in [9.17, 15) is 18.0 Å².